The Morgan fingerprint density at radius 3 is 2.64 bits per heavy atom. The highest BCUT2D eigenvalue weighted by Crippen LogP contribution is 1.92. The molecule has 0 rings (SSSR count). The molecule has 0 spiro atoms. The fourth-order valence-corrected chi connectivity index (χ4v) is 0.658. The molecule has 6 heteroatoms. The quantitative estimate of drug-likeness (QED) is 0.628. The molecule has 0 bridgehead atoms. The normalized spacial score (nSPS) is 8.82. The van der Waals surface area contributed by atoms with Crippen LogP contribution in [0.25, 0.3) is 0 Å². The summed E-state index contributed by atoms with van der Waals surface area (Å²) < 4.78 is 22.4. The Morgan fingerprint density at radius 1 is 1.55 bits per heavy atom. The van der Waals surface area contributed by atoms with Gasteiger partial charge in [0.05, 0.1) is 0 Å². The zero-order valence-corrected chi connectivity index (χ0v) is 7.02. The van der Waals surface area contributed by atoms with E-state index in [1.54, 1.807) is 0 Å². The maximum atomic E-state index is 10.6. The lowest BCUT2D eigenvalue weighted by atomic mass is 10.2. The fraction of sp³-hybridized carbons (Fsp3) is 0.800. The van der Waals surface area contributed by atoms with E-state index < -0.39 is 10.5 Å². The molecular formula is C5H10N2O3S. The van der Waals surface area contributed by atoms with Crippen LogP contribution in [-0.4, -0.2) is 14.3 Å². The summed E-state index contributed by atoms with van der Waals surface area (Å²) in [4.78, 5) is 10.6. The lowest BCUT2D eigenvalue weighted by Crippen LogP contribution is -2.15. The molecule has 0 aromatic carbocycles. The molecule has 0 saturated carbocycles. The Labute approximate surface area is 66.5 Å². The number of carbonyl (C=O) groups excluding carboxylic acids is 1. The molecule has 0 fully saturated rings. The standard InChI is InChI=1S/C5H10N2O3S/c1-2-3-4-5(8)6-7-11(9)10/h2-4H2,1H3,(H,6,8). The number of carbonyl (C=O) groups is 1. The lowest BCUT2D eigenvalue weighted by molar-refractivity contribution is -0.121. The molecule has 0 saturated heterocycles. The first kappa shape index (κ1) is 10.1. The molecule has 0 unspecified atom stereocenters. The molecule has 64 valence electrons. The SMILES string of the molecule is CCCCC(=O)NN=S(=O)=O. The van der Waals surface area contributed by atoms with E-state index in [0.29, 0.717) is 6.42 Å². The molecule has 0 heterocycles. The van der Waals surface area contributed by atoms with Crippen LogP contribution in [0.4, 0.5) is 0 Å². The molecule has 0 aliphatic rings. The fourth-order valence-electron chi connectivity index (χ4n) is 0.481. The van der Waals surface area contributed by atoms with Crippen LogP contribution in [0.5, 0.6) is 0 Å². The van der Waals surface area contributed by atoms with Gasteiger partial charge in [0.25, 0.3) is 0 Å². The number of hydrogen-bond acceptors (Lipinski definition) is 4. The van der Waals surface area contributed by atoms with Gasteiger partial charge < -0.3 is 0 Å². The number of rotatable bonds is 4. The van der Waals surface area contributed by atoms with Crippen LogP contribution in [0.3, 0.4) is 0 Å². The Morgan fingerprint density at radius 2 is 2.18 bits per heavy atom. The second-order valence-corrected chi connectivity index (χ2v) is 2.56. The van der Waals surface area contributed by atoms with Crippen LogP contribution in [0.15, 0.2) is 4.47 Å². The average molecular weight is 178 g/mol. The molecule has 0 atom stereocenters. The van der Waals surface area contributed by atoms with Gasteiger partial charge in [-0.1, -0.05) is 17.8 Å². The summed E-state index contributed by atoms with van der Waals surface area (Å²) in [6.07, 6.45) is 1.96. The van der Waals surface area contributed by atoms with Gasteiger partial charge in [-0.2, -0.15) is 8.42 Å². The van der Waals surface area contributed by atoms with Crippen molar-refractivity contribution in [1.82, 2.24) is 5.43 Å². The van der Waals surface area contributed by atoms with E-state index in [0.717, 1.165) is 12.8 Å². The largest absolute Gasteiger partial charge is 0.332 e. The number of nitrogens with zero attached hydrogens (tertiary/aromatic N) is 1. The lowest BCUT2D eigenvalue weighted by Gasteiger charge is -1.93. The van der Waals surface area contributed by atoms with E-state index in [1.165, 1.54) is 0 Å². The Balaban J connectivity index is 3.62. The molecule has 0 aliphatic heterocycles. The van der Waals surface area contributed by atoms with Crippen molar-refractivity contribution in [3.8, 4) is 0 Å². The molecule has 5 nitrogen and oxygen atoms in total. The first-order valence-corrected chi connectivity index (χ1v) is 4.29. The van der Waals surface area contributed by atoms with Gasteiger partial charge in [-0.15, -0.1) is 0 Å². The van der Waals surface area contributed by atoms with Crippen LogP contribution < -0.4 is 5.43 Å². The Hall–Kier alpha value is -0.910. The highest BCUT2D eigenvalue weighted by Gasteiger charge is 1.96. The third kappa shape index (κ3) is 6.98. The van der Waals surface area contributed by atoms with Gasteiger partial charge in [0.15, 0.2) is 0 Å². The molecule has 0 radical (unpaired) electrons. The molecule has 0 aliphatic carbocycles. The Bertz CT molecular complexity index is 236. The van der Waals surface area contributed by atoms with Crippen molar-refractivity contribution < 1.29 is 13.2 Å². The summed E-state index contributed by atoms with van der Waals surface area (Å²) in [5.74, 6) is -0.365. The van der Waals surface area contributed by atoms with Crippen LogP contribution >= 0.6 is 0 Å². The zero-order valence-electron chi connectivity index (χ0n) is 6.20. The highest BCUT2D eigenvalue weighted by atomic mass is 32.2. The predicted octanol–water partition coefficient (Wildman–Crippen LogP) is 0.271. The van der Waals surface area contributed by atoms with Crippen molar-refractivity contribution in [3.63, 3.8) is 0 Å². The van der Waals surface area contributed by atoms with E-state index in [9.17, 15) is 13.2 Å². The van der Waals surface area contributed by atoms with Crippen molar-refractivity contribution >= 4 is 16.4 Å². The van der Waals surface area contributed by atoms with Crippen LogP contribution in [0, 0.1) is 0 Å². The van der Waals surface area contributed by atoms with E-state index in [-0.39, 0.29) is 5.91 Å². The third-order valence-electron chi connectivity index (χ3n) is 1.00. The molecule has 0 aromatic heterocycles. The van der Waals surface area contributed by atoms with Gasteiger partial charge in [-0.3, -0.25) is 4.79 Å². The van der Waals surface area contributed by atoms with Crippen LogP contribution in [-0.2, 0) is 15.3 Å². The molecule has 1 amide bonds. The van der Waals surface area contributed by atoms with Gasteiger partial charge in [0, 0.05) is 6.42 Å². The van der Waals surface area contributed by atoms with Gasteiger partial charge in [-0.25, -0.2) is 5.43 Å². The summed E-state index contributed by atoms with van der Waals surface area (Å²) in [5.41, 5.74) is 1.89. The first-order valence-electron chi connectivity index (χ1n) is 3.25. The predicted molar refractivity (Wildman–Crippen MR) is 39.0 cm³/mol. The minimum absolute atomic E-state index is 0.317. The molecule has 11 heavy (non-hydrogen) atoms. The second-order valence-electron chi connectivity index (χ2n) is 1.95. The Kier molecular flexibility index (Phi) is 5.36. The summed E-state index contributed by atoms with van der Waals surface area (Å²) in [6, 6.07) is 0. The second kappa shape index (κ2) is 5.84. The van der Waals surface area contributed by atoms with E-state index in [1.807, 2.05) is 12.3 Å². The topological polar surface area (TPSA) is 75.6 Å². The zero-order chi connectivity index (χ0) is 8.69. The average Bonchev–Trinajstić information content (AvgIpc) is 1.97. The summed E-state index contributed by atoms with van der Waals surface area (Å²) in [5, 5.41) is 0. The number of unbranched alkanes of at least 4 members (excludes halogenated alkanes) is 1. The van der Waals surface area contributed by atoms with Crippen molar-refractivity contribution in [2.45, 2.75) is 26.2 Å². The first-order chi connectivity index (χ1) is 5.16. The molecular weight excluding hydrogens is 168 g/mol. The van der Waals surface area contributed by atoms with Crippen LogP contribution in [0.2, 0.25) is 0 Å². The maximum Gasteiger partial charge on any atom is 0.332 e. The minimum Gasteiger partial charge on any atom is -0.273 e. The minimum atomic E-state index is -2.55. The number of amides is 1. The van der Waals surface area contributed by atoms with Crippen molar-refractivity contribution in [2.75, 3.05) is 0 Å². The van der Waals surface area contributed by atoms with Gasteiger partial charge in [-0.05, 0) is 6.42 Å². The van der Waals surface area contributed by atoms with Gasteiger partial charge in [0.1, 0.15) is 0 Å². The molecule has 0 aromatic rings. The third-order valence-corrected chi connectivity index (χ3v) is 1.24. The van der Waals surface area contributed by atoms with E-state index in [2.05, 4.69) is 4.47 Å². The van der Waals surface area contributed by atoms with Crippen molar-refractivity contribution in [3.05, 3.63) is 0 Å². The van der Waals surface area contributed by atoms with E-state index >= 15 is 0 Å². The van der Waals surface area contributed by atoms with Crippen molar-refractivity contribution in [1.29, 1.82) is 0 Å². The summed E-state index contributed by atoms with van der Waals surface area (Å²) in [7, 11) is -2.55. The smallest absolute Gasteiger partial charge is 0.273 e. The summed E-state index contributed by atoms with van der Waals surface area (Å²) >= 11 is 0. The highest BCUT2D eigenvalue weighted by molar-refractivity contribution is 7.61. The van der Waals surface area contributed by atoms with E-state index in [4.69, 9.17) is 0 Å². The number of nitrogens with one attached hydrogen (secondary N) is 1. The monoisotopic (exact) mass is 178 g/mol. The molecule has 1 N–H and O–H groups in total. The maximum absolute atomic E-state index is 10.6. The van der Waals surface area contributed by atoms with Crippen molar-refractivity contribution in [2.24, 2.45) is 4.47 Å². The van der Waals surface area contributed by atoms with Gasteiger partial charge in [0.2, 0.25) is 5.91 Å². The summed E-state index contributed by atoms with van der Waals surface area (Å²) in [6.45, 7) is 1.94. The van der Waals surface area contributed by atoms with Gasteiger partial charge >= 0.3 is 10.5 Å². The van der Waals surface area contributed by atoms with Crippen LogP contribution in [0.1, 0.15) is 26.2 Å². The number of hydrogen-bond donors (Lipinski definition) is 1.